The molecule has 2 aromatic carbocycles. The lowest BCUT2D eigenvalue weighted by atomic mass is 10.1. The van der Waals surface area contributed by atoms with E-state index in [1.165, 1.54) is 0 Å². The quantitative estimate of drug-likeness (QED) is 0.562. The maximum atomic E-state index is 12.9. The van der Waals surface area contributed by atoms with Gasteiger partial charge in [-0.2, -0.15) is 5.10 Å². The van der Waals surface area contributed by atoms with E-state index in [0.717, 1.165) is 42.1 Å². The number of hydrogen-bond donors (Lipinski definition) is 2. The van der Waals surface area contributed by atoms with Gasteiger partial charge in [-0.3, -0.25) is 9.59 Å². The fourth-order valence-electron chi connectivity index (χ4n) is 4.14. The van der Waals surface area contributed by atoms with E-state index in [-0.39, 0.29) is 24.1 Å². The third kappa shape index (κ3) is 3.18. The molecule has 1 fully saturated rings. The zero-order chi connectivity index (χ0) is 19.8. The molecule has 0 spiro atoms. The molecule has 7 heteroatoms. The third-order valence-electron chi connectivity index (χ3n) is 5.67. The molecule has 4 aromatic rings. The first-order valence-corrected chi connectivity index (χ1v) is 9.92. The fourth-order valence-corrected chi connectivity index (χ4v) is 4.14. The average Bonchev–Trinajstić information content (AvgIpc) is 3.44. The maximum Gasteiger partial charge on any atom is 0.274 e. The topological polar surface area (TPSA) is 92.7 Å². The van der Waals surface area contributed by atoms with Gasteiger partial charge in [0.15, 0.2) is 0 Å². The summed E-state index contributed by atoms with van der Waals surface area (Å²) in [6.07, 6.45) is 5.79. The molecule has 2 aromatic heterocycles. The highest BCUT2D eigenvalue weighted by atomic mass is 16.1. The van der Waals surface area contributed by atoms with Crippen molar-refractivity contribution in [2.45, 2.75) is 38.3 Å². The number of benzene rings is 2. The predicted octanol–water partition coefficient (Wildman–Crippen LogP) is 3.32. The van der Waals surface area contributed by atoms with E-state index in [1.54, 1.807) is 23.1 Å². The van der Waals surface area contributed by atoms with Gasteiger partial charge in [-0.05, 0) is 37.1 Å². The second kappa shape index (κ2) is 7.16. The van der Waals surface area contributed by atoms with Crippen LogP contribution in [0.2, 0.25) is 0 Å². The average molecular weight is 387 g/mol. The highest BCUT2D eigenvalue weighted by Gasteiger charge is 2.21. The molecular formula is C22H21N5O2. The summed E-state index contributed by atoms with van der Waals surface area (Å²) < 4.78 is 1.63. The number of aromatic amines is 1. The van der Waals surface area contributed by atoms with Crippen LogP contribution in [0.25, 0.3) is 21.8 Å². The first-order chi connectivity index (χ1) is 14.2. The number of imidazole rings is 1. The van der Waals surface area contributed by atoms with Gasteiger partial charge in [0.2, 0.25) is 0 Å². The molecule has 2 heterocycles. The summed E-state index contributed by atoms with van der Waals surface area (Å²) in [5.41, 5.74) is 2.85. The lowest BCUT2D eigenvalue weighted by molar-refractivity contribution is 0.0950. The second-order valence-electron chi connectivity index (χ2n) is 7.50. The number of aromatic nitrogens is 4. The van der Waals surface area contributed by atoms with E-state index in [2.05, 4.69) is 20.4 Å². The van der Waals surface area contributed by atoms with Gasteiger partial charge in [-0.25, -0.2) is 9.67 Å². The molecule has 1 aliphatic carbocycles. The van der Waals surface area contributed by atoms with Crippen LogP contribution in [0.1, 0.15) is 47.8 Å². The molecular weight excluding hydrogens is 366 g/mol. The second-order valence-corrected chi connectivity index (χ2v) is 7.50. The Morgan fingerprint density at radius 3 is 2.76 bits per heavy atom. The molecule has 0 atom stereocenters. The summed E-state index contributed by atoms with van der Waals surface area (Å²) in [7, 11) is 0. The van der Waals surface area contributed by atoms with Gasteiger partial charge >= 0.3 is 0 Å². The fraction of sp³-hybridized carbons (Fsp3) is 0.273. The minimum atomic E-state index is -0.189. The van der Waals surface area contributed by atoms with Gasteiger partial charge in [0.25, 0.3) is 11.5 Å². The van der Waals surface area contributed by atoms with Crippen molar-refractivity contribution in [2.75, 3.05) is 0 Å². The molecule has 29 heavy (non-hydrogen) atoms. The Morgan fingerprint density at radius 1 is 1.14 bits per heavy atom. The summed E-state index contributed by atoms with van der Waals surface area (Å²) >= 11 is 0. The molecule has 146 valence electrons. The summed E-state index contributed by atoms with van der Waals surface area (Å²) in [6, 6.07) is 13.0. The maximum absolute atomic E-state index is 12.9. The molecule has 1 amide bonds. The molecule has 5 rings (SSSR count). The number of H-pyrrole nitrogens is 1. The first-order valence-electron chi connectivity index (χ1n) is 9.92. The van der Waals surface area contributed by atoms with Gasteiger partial charge < -0.3 is 10.3 Å². The number of amides is 1. The SMILES string of the molecule is O=C(NCc1nn(C2CCCC2)c(=O)c2ccccc12)c1ccc2nc[nH]c2c1. The molecule has 1 saturated carbocycles. The van der Waals surface area contributed by atoms with Gasteiger partial charge in [-0.1, -0.05) is 31.0 Å². The number of nitrogens with one attached hydrogen (secondary N) is 2. The van der Waals surface area contributed by atoms with Crippen molar-refractivity contribution in [1.29, 1.82) is 0 Å². The zero-order valence-corrected chi connectivity index (χ0v) is 15.9. The summed E-state index contributed by atoms with van der Waals surface area (Å²) in [5, 5.41) is 9.05. The van der Waals surface area contributed by atoms with Gasteiger partial charge in [0, 0.05) is 10.9 Å². The van der Waals surface area contributed by atoms with Crippen LogP contribution >= 0.6 is 0 Å². The highest BCUT2D eigenvalue weighted by molar-refractivity contribution is 5.97. The molecule has 0 unspecified atom stereocenters. The van der Waals surface area contributed by atoms with Crippen LogP contribution in [0.3, 0.4) is 0 Å². The van der Waals surface area contributed by atoms with Crippen molar-refractivity contribution in [1.82, 2.24) is 25.1 Å². The molecule has 2 N–H and O–H groups in total. The Labute approximate surface area is 166 Å². The van der Waals surface area contributed by atoms with Crippen molar-refractivity contribution in [3.05, 3.63) is 70.4 Å². The van der Waals surface area contributed by atoms with Crippen molar-refractivity contribution in [2.24, 2.45) is 0 Å². The normalized spacial score (nSPS) is 14.6. The molecule has 0 bridgehead atoms. The van der Waals surface area contributed by atoms with Crippen molar-refractivity contribution >= 4 is 27.7 Å². The van der Waals surface area contributed by atoms with Crippen molar-refractivity contribution in [3.63, 3.8) is 0 Å². The number of nitrogens with zero attached hydrogens (tertiary/aromatic N) is 3. The molecule has 0 radical (unpaired) electrons. The number of hydrogen-bond acceptors (Lipinski definition) is 4. The van der Waals surface area contributed by atoms with Crippen LogP contribution in [0, 0.1) is 0 Å². The van der Waals surface area contributed by atoms with E-state index in [4.69, 9.17) is 0 Å². The van der Waals surface area contributed by atoms with Crippen LogP contribution in [-0.2, 0) is 6.54 Å². The first kappa shape index (κ1) is 17.6. The minimum absolute atomic E-state index is 0.0488. The van der Waals surface area contributed by atoms with Gasteiger partial charge in [0.1, 0.15) is 0 Å². The number of fused-ring (bicyclic) bond motifs is 2. The summed E-state index contributed by atoms with van der Waals surface area (Å²) in [4.78, 5) is 32.8. The third-order valence-corrected chi connectivity index (χ3v) is 5.67. The zero-order valence-electron chi connectivity index (χ0n) is 15.9. The van der Waals surface area contributed by atoms with E-state index in [9.17, 15) is 9.59 Å². The van der Waals surface area contributed by atoms with Gasteiger partial charge in [-0.15, -0.1) is 0 Å². The van der Waals surface area contributed by atoms with E-state index >= 15 is 0 Å². The summed E-state index contributed by atoms with van der Waals surface area (Å²) in [5.74, 6) is -0.189. The lowest BCUT2D eigenvalue weighted by Gasteiger charge is -2.16. The van der Waals surface area contributed by atoms with E-state index in [1.807, 2.05) is 30.3 Å². The number of carbonyl (C=O) groups is 1. The Kier molecular flexibility index (Phi) is 4.35. The van der Waals surface area contributed by atoms with Gasteiger partial charge in [0.05, 0.1) is 41.0 Å². The van der Waals surface area contributed by atoms with Crippen molar-refractivity contribution < 1.29 is 4.79 Å². The minimum Gasteiger partial charge on any atom is -0.346 e. The number of rotatable bonds is 4. The molecule has 0 saturated heterocycles. The number of carbonyl (C=O) groups excluding carboxylic acids is 1. The predicted molar refractivity (Wildman–Crippen MR) is 111 cm³/mol. The largest absolute Gasteiger partial charge is 0.346 e. The lowest BCUT2D eigenvalue weighted by Crippen LogP contribution is -2.30. The standard InChI is InChI=1S/C22H21N5O2/c28-21(14-9-10-18-19(11-14)25-13-24-18)23-12-20-16-7-3-4-8-17(16)22(29)27(26-20)15-5-1-2-6-15/h3-4,7-11,13,15H,1-2,5-6,12H2,(H,23,28)(H,24,25). The Morgan fingerprint density at radius 2 is 1.93 bits per heavy atom. The molecule has 0 aliphatic heterocycles. The molecule has 1 aliphatic rings. The Balaban J connectivity index is 1.46. The summed E-state index contributed by atoms with van der Waals surface area (Å²) in [6.45, 7) is 0.257. The monoisotopic (exact) mass is 387 g/mol. The smallest absolute Gasteiger partial charge is 0.274 e. The molecule has 7 nitrogen and oxygen atoms in total. The van der Waals surface area contributed by atoms with Crippen LogP contribution in [-0.4, -0.2) is 25.7 Å². The van der Waals surface area contributed by atoms with E-state index < -0.39 is 0 Å². The Bertz CT molecular complexity index is 1270. The highest BCUT2D eigenvalue weighted by Crippen LogP contribution is 2.28. The van der Waals surface area contributed by atoms with Crippen LogP contribution in [0.15, 0.2) is 53.6 Å². The Hall–Kier alpha value is -3.48. The van der Waals surface area contributed by atoms with Crippen LogP contribution in [0.5, 0.6) is 0 Å². The van der Waals surface area contributed by atoms with Crippen LogP contribution in [0.4, 0.5) is 0 Å². The van der Waals surface area contributed by atoms with Crippen molar-refractivity contribution in [3.8, 4) is 0 Å². The van der Waals surface area contributed by atoms with E-state index in [0.29, 0.717) is 16.6 Å². The van der Waals surface area contributed by atoms with Crippen LogP contribution < -0.4 is 10.9 Å².